The van der Waals surface area contributed by atoms with E-state index in [9.17, 15) is 20.4 Å². The van der Waals surface area contributed by atoms with Gasteiger partial charge in [-0.3, -0.25) is 0 Å². The van der Waals surface area contributed by atoms with Crippen LogP contribution in [0.2, 0.25) is 0 Å². The number of aliphatic hydroxyl groups excluding tert-OH is 4. The molecule has 0 aromatic carbocycles. The Bertz CT molecular complexity index is 232. The summed E-state index contributed by atoms with van der Waals surface area (Å²) in [5, 5.41) is 37.8. The summed E-state index contributed by atoms with van der Waals surface area (Å²) in [5.74, 6) is 0. The zero-order valence-electron chi connectivity index (χ0n) is 7.70. The van der Waals surface area contributed by atoms with Gasteiger partial charge < -0.3 is 29.9 Å². The van der Waals surface area contributed by atoms with Crippen LogP contribution in [0.5, 0.6) is 0 Å². The summed E-state index contributed by atoms with van der Waals surface area (Å²) >= 11 is 0. The second-order valence-electron chi connectivity index (χ2n) is 3.82. The second kappa shape index (κ2) is 3.13. The molecular weight excluding hydrogens is 192 g/mol. The Hall–Kier alpha value is -0.240. The predicted molar refractivity (Wildman–Crippen MR) is 43.3 cm³/mol. The van der Waals surface area contributed by atoms with Gasteiger partial charge >= 0.3 is 0 Å². The van der Waals surface area contributed by atoms with Crippen molar-refractivity contribution >= 4 is 0 Å². The highest BCUT2D eigenvalue weighted by Gasteiger charge is 2.67. The van der Waals surface area contributed by atoms with Gasteiger partial charge in [0.05, 0.1) is 6.10 Å². The Morgan fingerprint density at radius 1 is 1.21 bits per heavy atom. The summed E-state index contributed by atoms with van der Waals surface area (Å²) in [4.78, 5) is 0. The van der Waals surface area contributed by atoms with E-state index in [1.54, 1.807) is 0 Å². The number of aliphatic hydroxyl groups is 4. The lowest BCUT2D eigenvalue weighted by Gasteiger charge is -2.40. The van der Waals surface area contributed by atoms with Crippen molar-refractivity contribution in [2.45, 2.75) is 42.7 Å². The summed E-state index contributed by atoms with van der Waals surface area (Å²) in [6, 6.07) is 0. The van der Waals surface area contributed by atoms with E-state index in [0.29, 0.717) is 0 Å². The molecule has 1 unspecified atom stereocenters. The maximum atomic E-state index is 9.57. The number of hydrogen-bond acceptors (Lipinski definition) is 6. The SMILES string of the molecule is CO[C@H]1O[C@@]2(CC2O)[C@@H](O)[C@H](O)[C@H]1O. The highest BCUT2D eigenvalue weighted by atomic mass is 16.7. The first kappa shape index (κ1) is 10.3. The number of hydrogen-bond donors (Lipinski definition) is 4. The third kappa shape index (κ3) is 1.19. The molecule has 2 aliphatic rings. The molecule has 6 heteroatoms. The van der Waals surface area contributed by atoms with Gasteiger partial charge in [-0.1, -0.05) is 0 Å². The smallest absolute Gasteiger partial charge is 0.186 e. The Morgan fingerprint density at radius 2 is 1.79 bits per heavy atom. The van der Waals surface area contributed by atoms with Crippen molar-refractivity contribution in [3.05, 3.63) is 0 Å². The van der Waals surface area contributed by atoms with Gasteiger partial charge in [-0.25, -0.2) is 0 Å². The van der Waals surface area contributed by atoms with E-state index in [1.165, 1.54) is 7.11 Å². The lowest BCUT2D eigenvalue weighted by atomic mass is 9.97. The largest absolute Gasteiger partial charge is 0.390 e. The summed E-state index contributed by atoms with van der Waals surface area (Å²) < 4.78 is 10.0. The molecule has 82 valence electrons. The predicted octanol–water partition coefficient (Wildman–Crippen LogP) is -2.42. The van der Waals surface area contributed by atoms with Crippen molar-refractivity contribution in [3.8, 4) is 0 Å². The molecule has 1 saturated heterocycles. The van der Waals surface area contributed by atoms with E-state index in [1.807, 2.05) is 0 Å². The molecule has 1 aliphatic heterocycles. The van der Waals surface area contributed by atoms with Gasteiger partial charge in [0.2, 0.25) is 0 Å². The fraction of sp³-hybridized carbons (Fsp3) is 1.00. The summed E-state index contributed by atoms with van der Waals surface area (Å²) in [6.45, 7) is 0. The van der Waals surface area contributed by atoms with E-state index in [2.05, 4.69) is 0 Å². The summed E-state index contributed by atoms with van der Waals surface area (Å²) in [7, 11) is 1.32. The molecule has 2 rings (SSSR count). The lowest BCUT2D eigenvalue weighted by molar-refractivity contribution is -0.305. The van der Waals surface area contributed by atoms with E-state index in [-0.39, 0.29) is 6.42 Å². The van der Waals surface area contributed by atoms with Crippen molar-refractivity contribution < 1.29 is 29.9 Å². The molecule has 1 heterocycles. The second-order valence-corrected chi connectivity index (χ2v) is 3.82. The standard InChI is InChI=1S/C8H14O6/c1-13-7-5(11)4(10)6(12)8(14-7)2-3(8)9/h3-7,9-12H,2H2,1H3/t3?,4-,5-,6+,7+,8-/m1/s1. The maximum absolute atomic E-state index is 9.57. The van der Waals surface area contributed by atoms with Crippen molar-refractivity contribution in [1.29, 1.82) is 0 Å². The van der Waals surface area contributed by atoms with Crippen LogP contribution >= 0.6 is 0 Å². The van der Waals surface area contributed by atoms with Gasteiger partial charge in [0, 0.05) is 13.5 Å². The Morgan fingerprint density at radius 3 is 2.21 bits per heavy atom. The van der Waals surface area contributed by atoms with Crippen molar-refractivity contribution in [3.63, 3.8) is 0 Å². The first-order valence-electron chi connectivity index (χ1n) is 4.46. The molecule has 6 atom stereocenters. The Labute approximate surface area is 80.7 Å². The van der Waals surface area contributed by atoms with Crippen LogP contribution in [0.3, 0.4) is 0 Å². The molecule has 0 aromatic heterocycles. The average molecular weight is 206 g/mol. The number of ether oxygens (including phenoxy) is 2. The third-order valence-corrected chi connectivity index (χ3v) is 2.94. The molecule has 0 bridgehead atoms. The van der Waals surface area contributed by atoms with Crippen molar-refractivity contribution in [2.24, 2.45) is 0 Å². The zero-order valence-corrected chi connectivity index (χ0v) is 7.70. The van der Waals surface area contributed by atoms with Gasteiger partial charge in [-0.15, -0.1) is 0 Å². The van der Waals surface area contributed by atoms with E-state index < -0.39 is 36.3 Å². The fourth-order valence-corrected chi connectivity index (χ4v) is 1.87. The maximum Gasteiger partial charge on any atom is 0.186 e. The highest BCUT2D eigenvalue weighted by molar-refractivity contribution is 5.16. The van der Waals surface area contributed by atoms with Crippen LogP contribution < -0.4 is 0 Å². The molecule has 2 fully saturated rings. The number of rotatable bonds is 1. The minimum atomic E-state index is -1.36. The first-order valence-corrected chi connectivity index (χ1v) is 4.46. The number of methoxy groups -OCH3 is 1. The monoisotopic (exact) mass is 206 g/mol. The molecule has 14 heavy (non-hydrogen) atoms. The molecular formula is C8H14O6. The first-order chi connectivity index (χ1) is 6.53. The fourth-order valence-electron chi connectivity index (χ4n) is 1.87. The van der Waals surface area contributed by atoms with Crippen molar-refractivity contribution in [2.75, 3.05) is 7.11 Å². The Kier molecular flexibility index (Phi) is 2.30. The molecule has 1 spiro atoms. The van der Waals surface area contributed by atoms with Crippen LogP contribution in [-0.4, -0.2) is 63.8 Å². The minimum absolute atomic E-state index is 0.248. The normalized spacial score (nSPS) is 57.6. The molecule has 6 nitrogen and oxygen atoms in total. The topological polar surface area (TPSA) is 99.4 Å². The highest BCUT2D eigenvalue weighted by Crippen LogP contribution is 2.48. The lowest BCUT2D eigenvalue weighted by Crippen LogP contribution is -2.60. The molecule has 0 radical (unpaired) electrons. The molecule has 1 saturated carbocycles. The summed E-state index contributed by atoms with van der Waals surface area (Å²) in [6.07, 6.45) is -5.50. The molecule has 0 amide bonds. The van der Waals surface area contributed by atoms with Crippen LogP contribution in [0.25, 0.3) is 0 Å². The molecule has 1 aliphatic carbocycles. The van der Waals surface area contributed by atoms with Gasteiger partial charge in [0.25, 0.3) is 0 Å². The van der Waals surface area contributed by atoms with Gasteiger partial charge in [-0.05, 0) is 0 Å². The summed E-state index contributed by atoms with van der Waals surface area (Å²) in [5.41, 5.74) is -1.15. The van der Waals surface area contributed by atoms with Crippen LogP contribution in [0.1, 0.15) is 6.42 Å². The average Bonchev–Trinajstić information content (AvgIpc) is 2.81. The van der Waals surface area contributed by atoms with Gasteiger partial charge in [0.15, 0.2) is 6.29 Å². The third-order valence-electron chi connectivity index (χ3n) is 2.94. The molecule has 4 N–H and O–H groups in total. The van der Waals surface area contributed by atoms with Crippen molar-refractivity contribution in [1.82, 2.24) is 0 Å². The zero-order chi connectivity index (χ0) is 10.5. The quantitative estimate of drug-likeness (QED) is 0.381. The minimum Gasteiger partial charge on any atom is -0.390 e. The Balaban J connectivity index is 2.16. The van der Waals surface area contributed by atoms with Crippen LogP contribution in [0, 0.1) is 0 Å². The molecule has 0 aromatic rings. The van der Waals surface area contributed by atoms with Crippen LogP contribution in [-0.2, 0) is 9.47 Å². The van der Waals surface area contributed by atoms with Gasteiger partial charge in [0.1, 0.15) is 23.9 Å². The van der Waals surface area contributed by atoms with E-state index in [4.69, 9.17) is 9.47 Å². The van der Waals surface area contributed by atoms with E-state index in [0.717, 1.165) is 0 Å². The van der Waals surface area contributed by atoms with Crippen LogP contribution in [0.15, 0.2) is 0 Å². The van der Waals surface area contributed by atoms with Gasteiger partial charge in [-0.2, -0.15) is 0 Å². The van der Waals surface area contributed by atoms with E-state index >= 15 is 0 Å². The van der Waals surface area contributed by atoms with Crippen LogP contribution in [0.4, 0.5) is 0 Å².